The number of nitrogens with zero attached hydrogens (tertiary/aromatic N) is 1. The van der Waals surface area contributed by atoms with Crippen LogP contribution in [-0.4, -0.2) is 41.6 Å². The molecule has 118 valence electrons. The maximum absolute atomic E-state index is 3.76. The zero-order valence-corrected chi connectivity index (χ0v) is 14.5. The van der Waals surface area contributed by atoms with Crippen molar-refractivity contribution in [1.29, 1.82) is 0 Å². The Morgan fingerprint density at radius 2 is 2.05 bits per heavy atom. The summed E-state index contributed by atoms with van der Waals surface area (Å²) < 4.78 is 0. The highest BCUT2D eigenvalue weighted by Gasteiger charge is 2.31. The predicted molar refractivity (Wildman–Crippen MR) is 95.0 cm³/mol. The Hall–Kier alpha value is -0.510. The molecule has 1 fully saturated rings. The van der Waals surface area contributed by atoms with Gasteiger partial charge in [-0.2, -0.15) is 11.8 Å². The first kappa shape index (κ1) is 16.9. The van der Waals surface area contributed by atoms with E-state index in [-0.39, 0.29) is 0 Å². The molecule has 1 heterocycles. The molecule has 0 radical (unpaired) electrons. The lowest BCUT2D eigenvalue weighted by Crippen LogP contribution is -2.55. The molecule has 3 atom stereocenters. The zero-order chi connectivity index (χ0) is 15.1. The van der Waals surface area contributed by atoms with E-state index in [0.29, 0.717) is 18.1 Å². The Morgan fingerprint density at radius 3 is 2.71 bits per heavy atom. The first-order valence-corrected chi connectivity index (χ1v) is 9.53. The fraction of sp³-hybridized carbons (Fsp3) is 0.667. The highest BCUT2D eigenvalue weighted by atomic mass is 32.2. The van der Waals surface area contributed by atoms with Gasteiger partial charge in [0.15, 0.2) is 0 Å². The van der Waals surface area contributed by atoms with E-state index in [2.05, 4.69) is 73.1 Å². The summed E-state index contributed by atoms with van der Waals surface area (Å²) in [5, 5.41) is 3.76. The van der Waals surface area contributed by atoms with Crippen LogP contribution in [0.1, 0.15) is 45.2 Å². The van der Waals surface area contributed by atoms with E-state index >= 15 is 0 Å². The lowest BCUT2D eigenvalue weighted by Gasteiger charge is -2.44. The number of rotatable bonds is 7. The summed E-state index contributed by atoms with van der Waals surface area (Å²) in [6.45, 7) is 9.19. The molecule has 1 aromatic rings. The SMILES string of the molecule is CCCC1CN(C(C)CSCC)C(c2ccccc2)CN1. The van der Waals surface area contributed by atoms with Gasteiger partial charge in [-0.25, -0.2) is 0 Å². The molecule has 1 aromatic carbocycles. The minimum absolute atomic E-state index is 0.520. The van der Waals surface area contributed by atoms with Crippen molar-refractivity contribution in [1.82, 2.24) is 10.2 Å². The maximum Gasteiger partial charge on any atom is 0.0476 e. The molecule has 3 heteroatoms. The number of nitrogens with one attached hydrogen (secondary N) is 1. The van der Waals surface area contributed by atoms with E-state index in [0.717, 1.165) is 6.54 Å². The van der Waals surface area contributed by atoms with E-state index in [1.807, 2.05) is 0 Å². The second-order valence-electron chi connectivity index (χ2n) is 6.03. The molecule has 3 unspecified atom stereocenters. The van der Waals surface area contributed by atoms with Gasteiger partial charge < -0.3 is 5.32 Å². The quantitative estimate of drug-likeness (QED) is 0.821. The summed E-state index contributed by atoms with van der Waals surface area (Å²) in [6, 6.07) is 12.8. The molecule has 1 N–H and O–H groups in total. The number of hydrogen-bond donors (Lipinski definition) is 1. The van der Waals surface area contributed by atoms with Crippen molar-refractivity contribution >= 4 is 11.8 Å². The van der Waals surface area contributed by atoms with Crippen molar-refractivity contribution in [2.24, 2.45) is 0 Å². The molecule has 0 saturated carbocycles. The molecule has 0 aromatic heterocycles. The van der Waals surface area contributed by atoms with Crippen LogP contribution in [0.4, 0.5) is 0 Å². The smallest absolute Gasteiger partial charge is 0.0476 e. The highest BCUT2D eigenvalue weighted by molar-refractivity contribution is 7.99. The Labute approximate surface area is 134 Å². The molecule has 0 bridgehead atoms. The van der Waals surface area contributed by atoms with E-state index in [9.17, 15) is 0 Å². The average molecular weight is 307 g/mol. The van der Waals surface area contributed by atoms with Crippen molar-refractivity contribution in [2.45, 2.75) is 51.7 Å². The van der Waals surface area contributed by atoms with Gasteiger partial charge in [-0.1, -0.05) is 50.6 Å². The van der Waals surface area contributed by atoms with Crippen molar-refractivity contribution < 1.29 is 0 Å². The molecular formula is C18H30N2S. The van der Waals surface area contributed by atoms with Crippen LogP contribution >= 0.6 is 11.8 Å². The van der Waals surface area contributed by atoms with Crippen LogP contribution in [-0.2, 0) is 0 Å². The number of hydrogen-bond acceptors (Lipinski definition) is 3. The van der Waals surface area contributed by atoms with Gasteiger partial charge >= 0.3 is 0 Å². The first-order valence-electron chi connectivity index (χ1n) is 8.38. The van der Waals surface area contributed by atoms with Crippen molar-refractivity contribution in [3.63, 3.8) is 0 Å². The topological polar surface area (TPSA) is 15.3 Å². The third kappa shape index (κ3) is 4.73. The summed E-state index contributed by atoms with van der Waals surface area (Å²) in [7, 11) is 0. The standard InChI is InChI=1S/C18H30N2S/c1-4-9-17-13-20(15(3)14-21-5-2)18(12-19-17)16-10-7-6-8-11-16/h6-8,10-11,15,17-19H,4-5,9,12-14H2,1-3H3. The van der Waals surface area contributed by atoms with Crippen LogP contribution in [0.5, 0.6) is 0 Å². The lowest BCUT2D eigenvalue weighted by molar-refractivity contribution is 0.0957. The van der Waals surface area contributed by atoms with Gasteiger partial charge in [-0.3, -0.25) is 4.90 Å². The van der Waals surface area contributed by atoms with Crippen LogP contribution < -0.4 is 5.32 Å². The molecule has 1 aliphatic rings. The van der Waals surface area contributed by atoms with Gasteiger partial charge in [0.05, 0.1) is 0 Å². The summed E-state index contributed by atoms with van der Waals surface area (Å²) in [5.74, 6) is 2.45. The van der Waals surface area contributed by atoms with Gasteiger partial charge in [0, 0.05) is 37.0 Å². The van der Waals surface area contributed by atoms with Crippen LogP contribution in [0, 0.1) is 0 Å². The van der Waals surface area contributed by atoms with Gasteiger partial charge in [0.1, 0.15) is 0 Å². The molecule has 0 amide bonds. The number of piperazine rings is 1. The molecule has 1 aliphatic heterocycles. The van der Waals surface area contributed by atoms with Gasteiger partial charge in [-0.05, 0) is 24.7 Å². The molecule has 0 spiro atoms. The molecule has 21 heavy (non-hydrogen) atoms. The van der Waals surface area contributed by atoms with Gasteiger partial charge in [0.25, 0.3) is 0 Å². The van der Waals surface area contributed by atoms with Crippen LogP contribution in [0.3, 0.4) is 0 Å². The van der Waals surface area contributed by atoms with Crippen LogP contribution in [0.15, 0.2) is 30.3 Å². The Bertz CT molecular complexity index is 395. The molecule has 1 saturated heterocycles. The Kier molecular flexibility index (Phi) is 7.08. The largest absolute Gasteiger partial charge is 0.311 e. The first-order chi connectivity index (χ1) is 10.3. The van der Waals surface area contributed by atoms with E-state index in [1.165, 1.54) is 36.5 Å². The number of thioether (sulfide) groups is 1. The third-order valence-corrected chi connectivity index (χ3v) is 5.51. The Morgan fingerprint density at radius 1 is 1.29 bits per heavy atom. The normalized spacial score (nSPS) is 24.9. The summed E-state index contributed by atoms with van der Waals surface area (Å²) in [6.07, 6.45) is 2.55. The minimum atomic E-state index is 0.520. The predicted octanol–water partition coefficient (Wildman–Crippen LogP) is 3.94. The third-order valence-electron chi connectivity index (χ3n) is 4.38. The van der Waals surface area contributed by atoms with E-state index < -0.39 is 0 Å². The van der Waals surface area contributed by atoms with Crippen LogP contribution in [0.25, 0.3) is 0 Å². The van der Waals surface area contributed by atoms with Crippen LogP contribution in [0.2, 0.25) is 0 Å². The second kappa shape index (κ2) is 8.82. The van der Waals surface area contributed by atoms with Crippen molar-refractivity contribution in [2.75, 3.05) is 24.6 Å². The van der Waals surface area contributed by atoms with Crippen molar-refractivity contribution in [3.8, 4) is 0 Å². The summed E-state index contributed by atoms with van der Waals surface area (Å²) >= 11 is 2.06. The highest BCUT2D eigenvalue weighted by Crippen LogP contribution is 2.27. The van der Waals surface area contributed by atoms with Gasteiger partial charge in [-0.15, -0.1) is 0 Å². The van der Waals surface area contributed by atoms with E-state index in [4.69, 9.17) is 0 Å². The lowest BCUT2D eigenvalue weighted by atomic mass is 9.98. The Balaban J connectivity index is 2.09. The summed E-state index contributed by atoms with van der Waals surface area (Å²) in [5.41, 5.74) is 1.45. The minimum Gasteiger partial charge on any atom is -0.311 e. The fourth-order valence-corrected chi connectivity index (χ4v) is 4.01. The molecular weight excluding hydrogens is 276 g/mol. The van der Waals surface area contributed by atoms with Crippen molar-refractivity contribution in [3.05, 3.63) is 35.9 Å². The average Bonchev–Trinajstić information content (AvgIpc) is 2.53. The maximum atomic E-state index is 3.76. The number of benzene rings is 1. The molecule has 0 aliphatic carbocycles. The second-order valence-corrected chi connectivity index (χ2v) is 7.34. The monoisotopic (exact) mass is 306 g/mol. The van der Waals surface area contributed by atoms with E-state index in [1.54, 1.807) is 0 Å². The fourth-order valence-electron chi connectivity index (χ4n) is 3.24. The van der Waals surface area contributed by atoms with Gasteiger partial charge in [0.2, 0.25) is 0 Å². The molecule has 2 nitrogen and oxygen atoms in total. The zero-order valence-electron chi connectivity index (χ0n) is 13.7. The molecule has 2 rings (SSSR count). The summed E-state index contributed by atoms with van der Waals surface area (Å²) in [4.78, 5) is 2.73.